The van der Waals surface area contributed by atoms with E-state index in [9.17, 15) is 4.79 Å². The molecular weight excluding hydrogens is 224 g/mol. The van der Waals surface area contributed by atoms with Gasteiger partial charge in [-0.25, -0.2) is 9.97 Å². The summed E-state index contributed by atoms with van der Waals surface area (Å²) in [4.78, 5) is 22.6. The predicted octanol–water partition coefficient (Wildman–Crippen LogP) is 1.15. The van der Waals surface area contributed by atoms with Crippen LogP contribution in [0.5, 0.6) is 0 Å². The fraction of sp³-hybridized carbons (Fsp3) is 0.300. The van der Waals surface area contributed by atoms with Gasteiger partial charge in [0.05, 0.1) is 11.2 Å². The Morgan fingerprint density at radius 1 is 1.56 bits per heavy atom. The zero-order chi connectivity index (χ0) is 11.4. The molecule has 1 amide bonds. The van der Waals surface area contributed by atoms with Crippen LogP contribution in [0.3, 0.4) is 0 Å². The number of aryl methyl sites for hydroxylation is 1. The summed E-state index contributed by atoms with van der Waals surface area (Å²) in [5.41, 5.74) is 0.497. The highest BCUT2D eigenvalue weighted by Gasteiger charge is 2.07. The molecule has 2 aromatic rings. The van der Waals surface area contributed by atoms with E-state index in [4.69, 9.17) is 0 Å². The summed E-state index contributed by atoms with van der Waals surface area (Å²) in [7, 11) is 0. The van der Waals surface area contributed by atoms with Crippen LogP contribution >= 0.6 is 11.3 Å². The van der Waals surface area contributed by atoms with Gasteiger partial charge in [-0.2, -0.15) is 0 Å². The Morgan fingerprint density at radius 2 is 2.44 bits per heavy atom. The first kappa shape index (κ1) is 10.8. The maximum absolute atomic E-state index is 11.6. The first-order valence-corrected chi connectivity index (χ1v) is 5.82. The van der Waals surface area contributed by atoms with Crippen LogP contribution in [0, 0.1) is 6.92 Å². The molecule has 2 rings (SSSR count). The third-order valence-corrected chi connectivity index (χ3v) is 2.89. The summed E-state index contributed by atoms with van der Waals surface area (Å²) in [6, 6.07) is 0. The molecule has 16 heavy (non-hydrogen) atoms. The van der Waals surface area contributed by atoms with Crippen LogP contribution in [0.4, 0.5) is 0 Å². The topological polar surface area (TPSA) is 70.7 Å². The number of imidazole rings is 1. The first-order valence-electron chi connectivity index (χ1n) is 4.94. The molecule has 84 valence electrons. The number of nitrogens with one attached hydrogen (secondary N) is 2. The number of nitrogens with zero attached hydrogens (tertiary/aromatic N) is 2. The van der Waals surface area contributed by atoms with Crippen molar-refractivity contribution in [3.8, 4) is 0 Å². The molecule has 2 N–H and O–H groups in total. The van der Waals surface area contributed by atoms with E-state index in [1.165, 1.54) is 6.20 Å². The number of aromatic nitrogens is 3. The van der Waals surface area contributed by atoms with E-state index in [0.717, 1.165) is 17.3 Å². The zero-order valence-electron chi connectivity index (χ0n) is 8.86. The molecule has 2 aromatic heterocycles. The van der Waals surface area contributed by atoms with Crippen LogP contribution in [0.2, 0.25) is 0 Å². The van der Waals surface area contributed by atoms with Crippen LogP contribution in [0.1, 0.15) is 21.3 Å². The highest BCUT2D eigenvalue weighted by molar-refractivity contribution is 7.09. The van der Waals surface area contributed by atoms with Crippen molar-refractivity contribution in [1.82, 2.24) is 20.3 Å². The number of aromatic amines is 1. The van der Waals surface area contributed by atoms with Gasteiger partial charge in [0.15, 0.2) is 0 Å². The highest BCUT2D eigenvalue weighted by Crippen LogP contribution is 2.03. The normalized spacial score (nSPS) is 10.3. The molecule has 0 aromatic carbocycles. The minimum atomic E-state index is -0.128. The van der Waals surface area contributed by atoms with Gasteiger partial charge in [0.2, 0.25) is 0 Å². The molecule has 0 atom stereocenters. The van der Waals surface area contributed by atoms with Crippen molar-refractivity contribution in [2.45, 2.75) is 13.3 Å². The average Bonchev–Trinajstić information content (AvgIpc) is 2.89. The number of carbonyl (C=O) groups excluding carboxylic acids is 1. The summed E-state index contributed by atoms with van der Waals surface area (Å²) in [5, 5.41) is 5.76. The molecule has 0 aliphatic carbocycles. The molecular formula is C10H12N4OS. The van der Waals surface area contributed by atoms with Gasteiger partial charge in [0.1, 0.15) is 11.5 Å². The fourth-order valence-electron chi connectivity index (χ4n) is 1.29. The smallest absolute Gasteiger partial charge is 0.269 e. The van der Waals surface area contributed by atoms with Gasteiger partial charge < -0.3 is 10.3 Å². The van der Waals surface area contributed by atoms with Gasteiger partial charge in [-0.15, -0.1) is 11.3 Å². The zero-order valence-corrected chi connectivity index (χ0v) is 9.67. The van der Waals surface area contributed by atoms with Gasteiger partial charge in [-0.05, 0) is 6.92 Å². The third-order valence-electron chi connectivity index (χ3n) is 2.06. The molecule has 6 heteroatoms. The standard InChI is InChI=1S/C10H12N4OS/c1-7-13-6-8(14-7)10(15)12-3-2-9-11-4-5-16-9/h4-6H,2-3H2,1H3,(H,12,15)(H,13,14). The Labute approximate surface area is 96.9 Å². The SMILES string of the molecule is Cc1ncc(C(=O)NCCc2nccs2)[nH]1. The van der Waals surface area contributed by atoms with E-state index in [1.54, 1.807) is 17.5 Å². The second-order valence-electron chi connectivity index (χ2n) is 3.31. The number of H-pyrrole nitrogens is 1. The first-order chi connectivity index (χ1) is 7.75. The van der Waals surface area contributed by atoms with E-state index in [-0.39, 0.29) is 5.91 Å². The molecule has 5 nitrogen and oxygen atoms in total. The molecule has 0 fully saturated rings. The minimum absolute atomic E-state index is 0.128. The summed E-state index contributed by atoms with van der Waals surface area (Å²) in [6.45, 7) is 2.40. The number of rotatable bonds is 4. The van der Waals surface area contributed by atoms with Crippen LogP contribution in [-0.4, -0.2) is 27.4 Å². The molecule has 0 aliphatic rings. The van der Waals surface area contributed by atoms with E-state index in [0.29, 0.717) is 12.2 Å². The summed E-state index contributed by atoms with van der Waals surface area (Å²) in [6.07, 6.45) is 4.06. The second-order valence-corrected chi connectivity index (χ2v) is 4.29. The minimum Gasteiger partial charge on any atom is -0.350 e. The number of thiazole rings is 1. The van der Waals surface area contributed by atoms with E-state index < -0.39 is 0 Å². The Balaban J connectivity index is 1.80. The molecule has 0 saturated carbocycles. The van der Waals surface area contributed by atoms with Crippen molar-refractivity contribution in [3.63, 3.8) is 0 Å². The van der Waals surface area contributed by atoms with Crippen molar-refractivity contribution in [1.29, 1.82) is 0 Å². The number of hydrogen-bond acceptors (Lipinski definition) is 4. The fourth-order valence-corrected chi connectivity index (χ4v) is 1.91. The summed E-state index contributed by atoms with van der Waals surface area (Å²) >= 11 is 1.59. The Morgan fingerprint density at radius 3 is 3.06 bits per heavy atom. The van der Waals surface area contributed by atoms with Gasteiger partial charge in [-0.1, -0.05) is 0 Å². The lowest BCUT2D eigenvalue weighted by molar-refractivity contribution is 0.0949. The van der Waals surface area contributed by atoms with Crippen molar-refractivity contribution in [2.75, 3.05) is 6.54 Å². The largest absolute Gasteiger partial charge is 0.350 e. The predicted molar refractivity (Wildman–Crippen MR) is 61.5 cm³/mol. The summed E-state index contributed by atoms with van der Waals surface area (Å²) < 4.78 is 0. The quantitative estimate of drug-likeness (QED) is 0.836. The van der Waals surface area contributed by atoms with E-state index in [2.05, 4.69) is 20.3 Å². The number of amides is 1. The van der Waals surface area contributed by atoms with Crippen molar-refractivity contribution in [2.24, 2.45) is 0 Å². The maximum Gasteiger partial charge on any atom is 0.269 e. The third kappa shape index (κ3) is 2.66. The number of carbonyl (C=O) groups is 1. The van der Waals surface area contributed by atoms with Crippen molar-refractivity contribution in [3.05, 3.63) is 34.3 Å². The van der Waals surface area contributed by atoms with Crippen molar-refractivity contribution < 1.29 is 4.79 Å². The Bertz CT molecular complexity index is 463. The second kappa shape index (κ2) is 4.89. The molecule has 2 heterocycles. The van der Waals surface area contributed by atoms with Crippen LogP contribution in [-0.2, 0) is 6.42 Å². The Hall–Kier alpha value is -1.69. The lowest BCUT2D eigenvalue weighted by atomic mass is 10.4. The number of hydrogen-bond donors (Lipinski definition) is 2. The van der Waals surface area contributed by atoms with E-state index in [1.807, 2.05) is 12.3 Å². The van der Waals surface area contributed by atoms with Gasteiger partial charge in [0, 0.05) is 24.5 Å². The van der Waals surface area contributed by atoms with Crippen LogP contribution in [0.25, 0.3) is 0 Å². The van der Waals surface area contributed by atoms with Gasteiger partial charge in [-0.3, -0.25) is 4.79 Å². The summed E-state index contributed by atoms with van der Waals surface area (Å²) in [5.74, 6) is 0.613. The maximum atomic E-state index is 11.6. The molecule has 0 unspecified atom stereocenters. The molecule has 0 spiro atoms. The monoisotopic (exact) mass is 236 g/mol. The lowest BCUT2D eigenvalue weighted by Crippen LogP contribution is -2.25. The lowest BCUT2D eigenvalue weighted by Gasteiger charge is -2.00. The molecule has 0 bridgehead atoms. The van der Waals surface area contributed by atoms with Gasteiger partial charge >= 0.3 is 0 Å². The van der Waals surface area contributed by atoms with Crippen LogP contribution < -0.4 is 5.32 Å². The van der Waals surface area contributed by atoms with Crippen molar-refractivity contribution >= 4 is 17.2 Å². The van der Waals surface area contributed by atoms with Gasteiger partial charge in [0.25, 0.3) is 5.91 Å². The average molecular weight is 236 g/mol. The molecule has 0 radical (unpaired) electrons. The molecule has 0 aliphatic heterocycles. The Kier molecular flexibility index (Phi) is 3.31. The molecule has 0 saturated heterocycles. The van der Waals surface area contributed by atoms with Crippen LogP contribution in [0.15, 0.2) is 17.8 Å². The highest BCUT2D eigenvalue weighted by atomic mass is 32.1. The van der Waals surface area contributed by atoms with E-state index >= 15 is 0 Å².